The molecular weight excluding hydrogens is 176 g/mol. The Morgan fingerprint density at radius 3 is 2.36 bits per heavy atom. The largest absolute Gasteiger partial charge is 0.466 e. The molecule has 0 spiro atoms. The van der Waals surface area contributed by atoms with Crippen LogP contribution in [0.15, 0.2) is 12.2 Å². The van der Waals surface area contributed by atoms with Gasteiger partial charge in [0.2, 0.25) is 0 Å². The van der Waals surface area contributed by atoms with Gasteiger partial charge in [0.05, 0.1) is 12.5 Å². The van der Waals surface area contributed by atoms with Gasteiger partial charge in [-0.3, -0.25) is 4.79 Å². The molecule has 14 heavy (non-hydrogen) atoms. The molecule has 2 heteroatoms. The van der Waals surface area contributed by atoms with Gasteiger partial charge < -0.3 is 4.74 Å². The molecule has 2 rings (SSSR count). The van der Waals surface area contributed by atoms with Gasteiger partial charge in [-0.1, -0.05) is 12.2 Å². The van der Waals surface area contributed by atoms with Crippen molar-refractivity contribution >= 4 is 5.97 Å². The van der Waals surface area contributed by atoms with Crippen LogP contribution < -0.4 is 0 Å². The Balaban J connectivity index is 1.90. The summed E-state index contributed by atoms with van der Waals surface area (Å²) in [4.78, 5) is 11.6. The van der Waals surface area contributed by atoms with Gasteiger partial charge in [-0.2, -0.15) is 0 Å². The second-order valence-corrected chi connectivity index (χ2v) is 4.23. The molecule has 0 radical (unpaired) electrons. The Kier molecular flexibility index (Phi) is 2.90. The molecule has 0 unspecified atom stereocenters. The first kappa shape index (κ1) is 9.75. The standard InChI is InChI=1S/C12H18O2/c1-2-14-12(13)11-9-7-5-3-4-6-8-10(9)11/h3-4,9-11H,2,5-8H2,1H3/b4-3-/t9-,10-/m0/s1. The zero-order chi connectivity index (χ0) is 9.97. The van der Waals surface area contributed by atoms with Crippen molar-refractivity contribution in [2.45, 2.75) is 32.6 Å². The van der Waals surface area contributed by atoms with Crippen molar-refractivity contribution in [1.29, 1.82) is 0 Å². The van der Waals surface area contributed by atoms with Gasteiger partial charge in [-0.05, 0) is 44.4 Å². The normalized spacial score (nSPS) is 37.6. The Hall–Kier alpha value is -0.790. The molecule has 1 fully saturated rings. The van der Waals surface area contributed by atoms with E-state index in [4.69, 9.17) is 4.74 Å². The van der Waals surface area contributed by atoms with Gasteiger partial charge in [0.15, 0.2) is 0 Å². The maximum atomic E-state index is 11.6. The Morgan fingerprint density at radius 2 is 1.86 bits per heavy atom. The summed E-state index contributed by atoms with van der Waals surface area (Å²) in [6.07, 6.45) is 9.11. The Morgan fingerprint density at radius 1 is 1.29 bits per heavy atom. The highest BCUT2D eigenvalue weighted by atomic mass is 16.5. The van der Waals surface area contributed by atoms with Crippen molar-refractivity contribution in [3.8, 4) is 0 Å². The van der Waals surface area contributed by atoms with E-state index in [1.807, 2.05) is 6.92 Å². The van der Waals surface area contributed by atoms with Crippen LogP contribution in [-0.2, 0) is 9.53 Å². The zero-order valence-corrected chi connectivity index (χ0v) is 8.74. The number of carbonyl (C=O) groups excluding carboxylic acids is 1. The molecule has 0 heterocycles. The van der Waals surface area contributed by atoms with E-state index in [0.29, 0.717) is 18.4 Å². The number of allylic oxidation sites excluding steroid dienone is 2. The first-order valence-electron chi connectivity index (χ1n) is 5.66. The fourth-order valence-electron chi connectivity index (χ4n) is 2.63. The molecule has 1 saturated carbocycles. The van der Waals surface area contributed by atoms with Crippen LogP contribution in [0.4, 0.5) is 0 Å². The van der Waals surface area contributed by atoms with Crippen molar-refractivity contribution in [2.75, 3.05) is 6.61 Å². The number of esters is 1. The fraction of sp³-hybridized carbons (Fsp3) is 0.750. The third-order valence-corrected chi connectivity index (χ3v) is 3.39. The monoisotopic (exact) mass is 194 g/mol. The summed E-state index contributed by atoms with van der Waals surface area (Å²) < 4.78 is 5.08. The molecule has 78 valence electrons. The summed E-state index contributed by atoms with van der Waals surface area (Å²) >= 11 is 0. The van der Waals surface area contributed by atoms with E-state index in [0.717, 1.165) is 12.8 Å². The summed E-state index contributed by atoms with van der Waals surface area (Å²) in [5.41, 5.74) is 0. The Bertz CT molecular complexity index is 229. The number of hydrogen-bond acceptors (Lipinski definition) is 2. The zero-order valence-electron chi connectivity index (χ0n) is 8.74. The van der Waals surface area contributed by atoms with Crippen LogP contribution in [0.1, 0.15) is 32.6 Å². The highest BCUT2D eigenvalue weighted by molar-refractivity contribution is 5.76. The summed E-state index contributed by atoms with van der Waals surface area (Å²) in [5, 5.41) is 0. The lowest BCUT2D eigenvalue weighted by molar-refractivity contribution is -0.145. The third kappa shape index (κ3) is 1.84. The van der Waals surface area contributed by atoms with Crippen molar-refractivity contribution < 1.29 is 9.53 Å². The predicted molar refractivity (Wildman–Crippen MR) is 54.7 cm³/mol. The molecule has 2 aliphatic carbocycles. The second-order valence-electron chi connectivity index (χ2n) is 4.23. The van der Waals surface area contributed by atoms with Crippen molar-refractivity contribution in [1.82, 2.24) is 0 Å². The van der Waals surface area contributed by atoms with E-state index in [1.54, 1.807) is 0 Å². The molecule has 0 aromatic carbocycles. The molecule has 0 aromatic heterocycles. The van der Waals surface area contributed by atoms with Gasteiger partial charge in [0, 0.05) is 0 Å². The molecule has 0 saturated heterocycles. The van der Waals surface area contributed by atoms with Gasteiger partial charge in [-0.25, -0.2) is 0 Å². The highest BCUT2D eigenvalue weighted by Gasteiger charge is 2.54. The van der Waals surface area contributed by atoms with E-state index in [2.05, 4.69) is 12.2 Å². The maximum absolute atomic E-state index is 11.6. The predicted octanol–water partition coefficient (Wildman–Crippen LogP) is 2.54. The van der Waals surface area contributed by atoms with Crippen LogP contribution in [0.2, 0.25) is 0 Å². The summed E-state index contributed by atoms with van der Waals surface area (Å²) in [7, 11) is 0. The van der Waals surface area contributed by atoms with Crippen LogP contribution in [-0.4, -0.2) is 12.6 Å². The van der Waals surface area contributed by atoms with Gasteiger partial charge in [-0.15, -0.1) is 0 Å². The number of carbonyl (C=O) groups is 1. The molecule has 0 bridgehead atoms. The lowest BCUT2D eigenvalue weighted by Gasteiger charge is -1.99. The quantitative estimate of drug-likeness (QED) is 0.499. The molecule has 2 atom stereocenters. The average molecular weight is 194 g/mol. The molecule has 0 N–H and O–H groups in total. The first-order chi connectivity index (χ1) is 6.84. The SMILES string of the molecule is CCOC(=O)C1[C@H]2CC/C=C\CC[C@H]12. The number of ether oxygens (including phenoxy) is 1. The lowest BCUT2D eigenvalue weighted by Crippen LogP contribution is -2.08. The minimum Gasteiger partial charge on any atom is -0.466 e. The first-order valence-corrected chi connectivity index (χ1v) is 5.66. The van der Waals surface area contributed by atoms with Crippen molar-refractivity contribution in [2.24, 2.45) is 17.8 Å². The number of rotatable bonds is 2. The molecule has 0 amide bonds. The van der Waals surface area contributed by atoms with Crippen LogP contribution in [0.3, 0.4) is 0 Å². The number of hydrogen-bond donors (Lipinski definition) is 0. The Labute approximate surface area is 85.3 Å². The minimum atomic E-state index is 0.0457. The minimum absolute atomic E-state index is 0.0457. The van der Waals surface area contributed by atoms with Crippen LogP contribution >= 0.6 is 0 Å². The van der Waals surface area contributed by atoms with Crippen molar-refractivity contribution in [3.63, 3.8) is 0 Å². The van der Waals surface area contributed by atoms with Crippen molar-refractivity contribution in [3.05, 3.63) is 12.2 Å². The summed E-state index contributed by atoms with van der Waals surface area (Å²) in [5.74, 6) is 1.53. The maximum Gasteiger partial charge on any atom is 0.309 e. The van der Waals surface area contributed by atoms with Gasteiger partial charge in [0.1, 0.15) is 0 Å². The van der Waals surface area contributed by atoms with E-state index in [1.165, 1.54) is 12.8 Å². The van der Waals surface area contributed by atoms with Crippen LogP contribution in [0, 0.1) is 17.8 Å². The molecular formula is C12H18O2. The molecule has 2 aliphatic rings. The van der Waals surface area contributed by atoms with Gasteiger partial charge >= 0.3 is 5.97 Å². The highest BCUT2D eigenvalue weighted by Crippen LogP contribution is 2.53. The lowest BCUT2D eigenvalue weighted by atomic mass is 10.1. The summed E-state index contributed by atoms with van der Waals surface area (Å²) in [6.45, 7) is 2.40. The van der Waals surface area contributed by atoms with E-state index in [-0.39, 0.29) is 11.9 Å². The second kappa shape index (κ2) is 4.16. The fourth-order valence-corrected chi connectivity index (χ4v) is 2.63. The topological polar surface area (TPSA) is 26.3 Å². The van der Waals surface area contributed by atoms with E-state index >= 15 is 0 Å². The van der Waals surface area contributed by atoms with Crippen LogP contribution in [0.25, 0.3) is 0 Å². The number of fused-ring (bicyclic) bond motifs is 1. The van der Waals surface area contributed by atoms with E-state index in [9.17, 15) is 4.79 Å². The van der Waals surface area contributed by atoms with Gasteiger partial charge in [0.25, 0.3) is 0 Å². The average Bonchev–Trinajstić information content (AvgIpc) is 2.77. The summed E-state index contributed by atoms with van der Waals surface area (Å²) in [6, 6.07) is 0. The van der Waals surface area contributed by atoms with E-state index < -0.39 is 0 Å². The molecule has 2 nitrogen and oxygen atoms in total. The molecule has 0 aliphatic heterocycles. The van der Waals surface area contributed by atoms with Crippen LogP contribution in [0.5, 0.6) is 0 Å². The smallest absolute Gasteiger partial charge is 0.309 e. The molecule has 0 aromatic rings. The third-order valence-electron chi connectivity index (χ3n) is 3.39.